The van der Waals surface area contributed by atoms with Crippen LogP contribution in [-0.4, -0.2) is 23.7 Å². The molecular weight excluding hydrogens is 217 g/mol. The summed E-state index contributed by atoms with van der Waals surface area (Å²) in [7, 11) is 5.50. The average Bonchev–Trinajstić information content (AvgIpc) is 2.28. The molecule has 0 aliphatic heterocycles. The molecule has 0 aliphatic rings. The summed E-state index contributed by atoms with van der Waals surface area (Å²) in [5.41, 5.74) is 1.08. The van der Waals surface area contributed by atoms with Crippen LogP contribution in [0.1, 0.15) is 12.5 Å². The summed E-state index contributed by atoms with van der Waals surface area (Å²) in [5.74, 6) is -0.137. The molecule has 2 N–H and O–H groups in total. The minimum absolute atomic E-state index is 0.149. The first kappa shape index (κ1) is 11.4. The summed E-state index contributed by atoms with van der Waals surface area (Å²) in [6.07, 6.45) is 0.364. The second-order valence-electron chi connectivity index (χ2n) is 3.65. The lowest BCUT2D eigenvalue weighted by Gasteiger charge is -2.04. The number of carbonyl (C=O) groups excluding carboxylic acids is 1. The number of fused-ring (bicyclic) bond motifs is 1. The first-order valence-electron chi connectivity index (χ1n) is 5.11. The Kier molecular flexibility index (Phi) is 2.95. The molecule has 0 atom stereocenters. The molecule has 0 saturated heterocycles. The zero-order valence-corrected chi connectivity index (χ0v) is 9.28. The molecular formula is C11H10BN3O2. The van der Waals surface area contributed by atoms with Crippen molar-refractivity contribution in [3.05, 3.63) is 34.1 Å². The van der Waals surface area contributed by atoms with Gasteiger partial charge in [0.05, 0.1) is 18.7 Å². The largest absolute Gasteiger partial charge is 0.296 e. The number of H-pyrrole nitrogens is 1. The number of carbonyl (C=O) groups is 1. The molecule has 2 radical (unpaired) electrons. The Hall–Kier alpha value is -2.11. The lowest BCUT2D eigenvalue weighted by Crippen LogP contribution is -2.16. The lowest BCUT2D eigenvalue weighted by atomic mass is 9.96. The van der Waals surface area contributed by atoms with Crippen molar-refractivity contribution in [2.24, 2.45) is 0 Å². The van der Waals surface area contributed by atoms with E-state index < -0.39 is 0 Å². The molecule has 0 spiro atoms. The smallest absolute Gasteiger partial charge is 0.260 e. The van der Waals surface area contributed by atoms with E-state index >= 15 is 0 Å². The molecule has 84 valence electrons. The van der Waals surface area contributed by atoms with Gasteiger partial charge in [0, 0.05) is 6.92 Å². The van der Waals surface area contributed by atoms with Gasteiger partial charge in [-0.3, -0.25) is 19.9 Å². The topological polar surface area (TPSA) is 74.8 Å². The van der Waals surface area contributed by atoms with Crippen molar-refractivity contribution in [3.8, 4) is 0 Å². The maximum absolute atomic E-state index is 11.8. The van der Waals surface area contributed by atoms with Crippen molar-refractivity contribution in [2.75, 3.05) is 5.32 Å². The minimum atomic E-state index is -0.297. The van der Waals surface area contributed by atoms with Gasteiger partial charge in [-0.2, -0.15) is 0 Å². The van der Waals surface area contributed by atoms with Crippen LogP contribution in [0, 0.1) is 0 Å². The molecule has 0 bridgehead atoms. The van der Waals surface area contributed by atoms with Crippen LogP contribution >= 0.6 is 0 Å². The fraction of sp³-hybridized carbons (Fsp3) is 0.182. The van der Waals surface area contributed by atoms with Gasteiger partial charge in [0.15, 0.2) is 0 Å². The van der Waals surface area contributed by atoms with Gasteiger partial charge in [0.25, 0.3) is 5.56 Å². The zero-order chi connectivity index (χ0) is 12.4. The molecule has 0 unspecified atom stereocenters. The number of hydrogen-bond acceptors (Lipinski definition) is 3. The van der Waals surface area contributed by atoms with Crippen LogP contribution in [0.25, 0.3) is 10.9 Å². The van der Waals surface area contributed by atoms with Crippen molar-refractivity contribution in [3.63, 3.8) is 0 Å². The molecule has 17 heavy (non-hydrogen) atoms. The Morgan fingerprint density at radius 2 is 2.29 bits per heavy atom. The SMILES string of the molecule is [B]Cc1ccc2nc(NC(C)=O)[nH]c(=O)c2c1. The number of aromatic amines is 1. The number of anilines is 1. The molecule has 1 aromatic heterocycles. The van der Waals surface area contributed by atoms with Crippen LogP contribution in [0.4, 0.5) is 5.95 Å². The number of hydrogen-bond donors (Lipinski definition) is 2. The minimum Gasteiger partial charge on any atom is -0.296 e. The molecule has 6 heteroatoms. The monoisotopic (exact) mass is 227 g/mol. The maximum Gasteiger partial charge on any atom is 0.260 e. The molecule has 1 amide bonds. The van der Waals surface area contributed by atoms with Crippen LogP contribution in [-0.2, 0) is 11.1 Å². The first-order valence-corrected chi connectivity index (χ1v) is 5.11. The molecule has 2 rings (SSSR count). The van der Waals surface area contributed by atoms with Crippen molar-refractivity contribution in [2.45, 2.75) is 13.2 Å². The van der Waals surface area contributed by atoms with Gasteiger partial charge in [0.2, 0.25) is 11.9 Å². The van der Waals surface area contributed by atoms with E-state index in [1.165, 1.54) is 6.92 Å². The van der Waals surface area contributed by atoms with Crippen molar-refractivity contribution in [1.29, 1.82) is 0 Å². The lowest BCUT2D eigenvalue weighted by molar-refractivity contribution is -0.114. The molecule has 1 aromatic carbocycles. The van der Waals surface area contributed by atoms with Crippen molar-refractivity contribution < 1.29 is 4.79 Å². The summed E-state index contributed by atoms with van der Waals surface area (Å²) in [6.45, 7) is 1.35. The fourth-order valence-corrected chi connectivity index (χ4v) is 1.54. The summed E-state index contributed by atoms with van der Waals surface area (Å²) >= 11 is 0. The number of benzene rings is 1. The maximum atomic E-state index is 11.8. The summed E-state index contributed by atoms with van der Waals surface area (Å²) in [6, 6.07) is 5.20. The zero-order valence-electron chi connectivity index (χ0n) is 9.28. The van der Waals surface area contributed by atoms with Crippen LogP contribution in [0.3, 0.4) is 0 Å². The highest BCUT2D eigenvalue weighted by Gasteiger charge is 2.05. The average molecular weight is 227 g/mol. The molecule has 0 fully saturated rings. The third-order valence-electron chi connectivity index (χ3n) is 2.30. The molecule has 2 aromatic rings. The number of rotatable bonds is 2. The highest BCUT2D eigenvalue weighted by Crippen LogP contribution is 2.11. The molecule has 0 saturated carbocycles. The second kappa shape index (κ2) is 4.41. The van der Waals surface area contributed by atoms with E-state index in [4.69, 9.17) is 7.85 Å². The number of aromatic nitrogens is 2. The van der Waals surface area contributed by atoms with Crippen LogP contribution in [0.15, 0.2) is 23.0 Å². The second-order valence-corrected chi connectivity index (χ2v) is 3.65. The Labute approximate surface area is 98.7 Å². The number of amides is 1. The molecule has 0 aliphatic carbocycles. The predicted molar refractivity (Wildman–Crippen MR) is 66.1 cm³/mol. The standard InChI is InChI=1S/C11H10BN3O2/c1-6(16)13-11-14-9-3-2-7(5-12)4-8(9)10(17)15-11/h2-4H,5H2,1H3,(H2,13,14,15,16,17). The van der Waals surface area contributed by atoms with E-state index in [0.29, 0.717) is 17.2 Å². The van der Waals surface area contributed by atoms with Gasteiger partial charge in [-0.05, 0) is 12.1 Å². The Morgan fingerprint density at radius 3 is 2.94 bits per heavy atom. The van der Waals surface area contributed by atoms with Crippen LogP contribution in [0.5, 0.6) is 0 Å². The normalized spacial score (nSPS) is 10.4. The number of nitrogens with one attached hydrogen (secondary N) is 2. The van der Waals surface area contributed by atoms with Gasteiger partial charge in [0.1, 0.15) is 0 Å². The van der Waals surface area contributed by atoms with E-state index in [-0.39, 0.29) is 17.4 Å². The van der Waals surface area contributed by atoms with Gasteiger partial charge in [-0.15, -0.1) is 0 Å². The van der Waals surface area contributed by atoms with Crippen molar-refractivity contribution in [1.82, 2.24) is 9.97 Å². The van der Waals surface area contributed by atoms with Crippen LogP contribution < -0.4 is 10.9 Å². The Morgan fingerprint density at radius 1 is 1.53 bits per heavy atom. The molecule has 1 heterocycles. The number of nitrogens with zero attached hydrogens (tertiary/aromatic N) is 1. The Bertz CT molecular complexity index is 636. The quantitative estimate of drug-likeness (QED) is 0.735. The highest BCUT2D eigenvalue weighted by atomic mass is 16.1. The van der Waals surface area contributed by atoms with E-state index in [1.54, 1.807) is 18.2 Å². The fourth-order valence-electron chi connectivity index (χ4n) is 1.54. The summed E-state index contributed by atoms with van der Waals surface area (Å²) < 4.78 is 0. The predicted octanol–water partition coefficient (Wildman–Crippen LogP) is 0.550. The highest BCUT2D eigenvalue weighted by molar-refractivity contribution is 6.08. The van der Waals surface area contributed by atoms with Crippen LogP contribution in [0.2, 0.25) is 0 Å². The van der Waals surface area contributed by atoms with Gasteiger partial charge < -0.3 is 0 Å². The van der Waals surface area contributed by atoms with E-state index in [2.05, 4.69) is 15.3 Å². The van der Waals surface area contributed by atoms with E-state index in [9.17, 15) is 9.59 Å². The van der Waals surface area contributed by atoms with Gasteiger partial charge in [-0.1, -0.05) is 17.9 Å². The molecule has 5 nitrogen and oxygen atoms in total. The van der Waals surface area contributed by atoms with E-state index in [1.807, 2.05) is 0 Å². The van der Waals surface area contributed by atoms with Gasteiger partial charge in [-0.25, -0.2) is 4.98 Å². The summed E-state index contributed by atoms with van der Waals surface area (Å²) in [5, 5.41) is 2.90. The van der Waals surface area contributed by atoms with Gasteiger partial charge >= 0.3 is 0 Å². The third-order valence-corrected chi connectivity index (χ3v) is 2.30. The summed E-state index contributed by atoms with van der Waals surface area (Å²) in [4.78, 5) is 29.2. The first-order chi connectivity index (χ1) is 8.10. The third kappa shape index (κ3) is 2.35. The van der Waals surface area contributed by atoms with E-state index in [0.717, 1.165) is 5.56 Å². The Balaban J connectivity index is 2.59. The van der Waals surface area contributed by atoms with Crippen molar-refractivity contribution >= 4 is 30.6 Å².